The van der Waals surface area contributed by atoms with E-state index in [1.54, 1.807) is 30.3 Å². The lowest BCUT2D eigenvalue weighted by molar-refractivity contribution is 0.295. The van der Waals surface area contributed by atoms with Crippen molar-refractivity contribution in [3.05, 3.63) is 35.0 Å². The Hall–Kier alpha value is -2.26. The van der Waals surface area contributed by atoms with Crippen LogP contribution in [0.4, 0.5) is 5.82 Å². The minimum atomic E-state index is 0.202. The number of rotatable bonds is 4. The molecule has 0 spiro atoms. The molecule has 0 fully saturated rings. The van der Waals surface area contributed by atoms with E-state index in [4.69, 9.17) is 10.6 Å². The Balaban J connectivity index is 1.88. The molecule has 3 N–H and O–H groups in total. The molecule has 0 saturated carbocycles. The average Bonchev–Trinajstić information content (AvgIpc) is 2.86. The van der Waals surface area contributed by atoms with Gasteiger partial charge in [0, 0.05) is 17.7 Å². The molecule has 0 aliphatic heterocycles. The third-order valence-electron chi connectivity index (χ3n) is 2.82. The van der Waals surface area contributed by atoms with Gasteiger partial charge >= 0.3 is 0 Å². The summed E-state index contributed by atoms with van der Waals surface area (Å²) < 4.78 is 8.12. The normalized spacial score (nSPS) is 10.8. The monoisotopic (exact) mass is 349 g/mol. The number of hydrazine groups is 1. The van der Waals surface area contributed by atoms with E-state index >= 15 is 0 Å². The number of pyridine rings is 1. The number of nitrogens with two attached hydrogens (primary N) is 1. The number of ether oxygens (including phenoxy) is 1. The van der Waals surface area contributed by atoms with Crippen LogP contribution in [0.15, 0.2) is 29.1 Å². The van der Waals surface area contributed by atoms with Crippen LogP contribution in [-0.4, -0.2) is 24.7 Å². The Morgan fingerprint density at radius 3 is 2.95 bits per heavy atom. The summed E-state index contributed by atoms with van der Waals surface area (Å²) in [7, 11) is 1.80. The minimum absolute atomic E-state index is 0.202. The van der Waals surface area contributed by atoms with Crippen LogP contribution in [-0.2, 0) is 13.7 Å². The molecule has 0 aliphatic carbocycles. The summed E-state index contributed by atoms with van der Waals surface area (Å²) in [4.78, 5) is 12.8. The van der Waals surface area contributed by atoms with Crippen LogP contribution >= 0.6 is 15.9 Å². The van der Waals surface area contributed by atoms with Crippen molar-refractivity contribution < 1.29 is 4.74 Å². The number of hydrogen-bond acceptors (Lipinski definition) is 7. The number of nitrogens with one attached hydrogen (secondary N) is 1. The zero-order valence-corrected chi connectivity index (χ0v) is 12.7. The molecule has 0 saturated heterocycles. The van der Waals surface area contributed by atoms with Crippen molar-refractivity contribution in [2.24, 2.45) is 12.9 Å². The molecule has 3 aromatic heterocycles. The second-order valence-electron chi connectivity index (χ2n) is 4.27. The predicted molar refractivity (Wildman–Crippen MR) is 80.4 cm³/mol. The second-order valence-corrected chi connectivity index (χ2v) is 5.18. The Bertz CT molecular complexity index is 788. The summed E-state index contributed by atoms with van der Waals surface area (Å²) in [5, 5.41) is 4.89. The highest BCUT2D eigenvalue weighted by atomic mass is 79.9. The van der Waals surface area contributed by atoms with Gasteiger partial charge in [-0.3, -0.25) is 9.67 Å². The Kier molecular flexibility index (Phi) is 3.67. The SMILES string of the molecule is Cn1ncc2c(NN)nc(COc3cncc(Br)c3)nc21. The summed E-state index contributed by atoms with van der Waals surface area (Å²) in [6.45, 7) is 0.202. The molecule has 0 unspecified atom stereocenters. The summed E-state index contributed by atoms with van der Waals surface area (Å²) >= 11 is 3.34. The fourth-order valence-corrected chi connectivity index (χ4v) is 2.20. The fraction of sp³-hybridized carbons (Fsp3) is 0.167. The lowest BCUT2D eigenvalue weighted by atomic mass is 10.4. The van der Waals surface area contributed by atoms with Gasteiger partial charge in [0.05, 0.1) is 17.8 Å². The van der Waals surface area contributed by atoms with Gasteiger partial charge in [0.2, 0.25) is 0 Å². The maximum absolute atomic E-state index is 5.62. The Morgan fingerprint density at radius 1 is 1.33 bits per heavy atom. The third kappa shape index (κ3) is 2.78. The highest BCUT2D eigenvalue weighted by molar-refractivity contribution is 9.10. The van der Waals surface area contributed by atoms with E-state index in [2.05, 4.69) is 41.4 Å². The van der Waals surface area contributed by atoms with Gasteiger partial charge < -0.3 is 10.2 Å². The topological polar surface area (TPSA) is 104 Å². The first-order valence-electron chi connectivity index (χ1n) is 6.06. The number of hydrogen-bond donors (Lipinski definition) is 2. The first-order valence-corrected chi connectivity index (χ1v) is 6.85. The molecule has 0 bridgehead atoms. The molecular formula is C12H12BrN7O. The summed E-state index contributed by atoms with van der Waals surface area (Å²) in [6, 6.07) is 1.82. The molecular weight excluding hydrogens is 338 g/mol. The highest BCUT2D eigenvalue weighted by Crippen LogP contribution is 2.20. The van der Waals surface area contributed by atoms with Gasteiger partial charge in [0.15, 0.2) is 17.3 Å². The quantitative estimate of drug-likeness (QED) is 0.541. The van der Waals surface area contributed by atoms with Crippen LogP contribution in [0.1, 0.15) is 5.82 Å². The zero-order chi connectivity index (χ0) is 14.8. The van der Waals surface area contributed by atoms with E-state index < -0.39 is 0 Å². The number of halogens is 1. The molecule has 21 heavy (non-hydrogen) atoms. The van der Waals surface area contributed by atoms with Gasteiger partial charge in [-0.2, -0.15) is 5.10 Å². The van der Waals surface area contributed by atoms with Crippen molar-refractivity contribution in [2.75, 3.05) is 5.43 Å². The van der Waals surface area contributed by atoms with Gasteiger partial charge in [-0.05, 0) is 22.0 Å². The predicted octanol–water partition coefficient (Wildman–Crippen LogP) is 1.39. The number of fused-ring (bicyclic) bond motifs is 1. The van der Waals surface area contributed by atoms with Crippen LogP contribution < -0.4 is 16.0 Å². The lowest BCUT2D eigenvalue weighted by Gasteiger charge is -2.07. The van der Waals surface area contributed by atoms with Gasteiger partial charge in [0.1, 0.15) is 12.4 Å². The minimum Gasteiger partial charge on any atom is -0.484 e. The molecule has 3 rings (SSSR count). The number of anilines is 1. The Morgan fingerprint density at radius 2 is 2.19 bits per heavy atom. The lowest BCUT2D eigenvalue weighted by Crippen LogP contribution is -2.12. The summed E-state index contributed by atoms with van der Waals surface area (Å²) in [6.07, 6.45) is 4.96. The van der Waals surface area contributed by atoms with E-state index in [1.807, 2.05) is 6.07 Å². The van der Waals surface area contributed by atoms with E-state index in [-0.39, 0.29) is 6.61 Å². The van der Waals surface area contributed by atoms with Crippen molar-refractivity contribution in [1.29, 1.82) is 0 Å². The molecule has 0 aromatic carbocycles. The molecule has 0 amide bonds. The van der Waals surface area contributed by atoms with E-state index in [1.165, 1.54) is 0 Å². The van der Waals surface area contributed by atoms with E-state index in [9.17, 15) is 0 Å². The summed E-state index contributed by atoms with van der Waals surface area (Å²) in [5.74, 6) is 7.12. The molecule has 3 aromatic rings. The second kappa shape index (κ2) is 5.62. The largest absolute Gasteiger partial charge is 0.484 e. The van der Waals surface area contributed by atoms with Crippen LogP contribution in [0.5, 0.6) is 5.75 Å². The van der Waals surface area contributed by atoms with Gasteiger partial charge in [-0.25, -0.2) is 15.8 Å². The molecule has 3 heterocycles. The number of aryl methyl sites for hydroxylation is 1. The van der Waals surface area contributed by atoms with Gasteiger partial charge in [-0.15, -0.1) is 0 Å². The molecule has 9 heteroatoms. The summed E-state index contributed by atoms with van der Waals surface area (Å²) in [5.41, 5.74) is 3.24. The molecule has 8 nitrogen and oxygen atoms in total. The first kappa shape index (κ1) is 13.7. The van der Waals surface area contributed by atoms with Crippen LogP contribution in [0, 0.1) is 0 Å². The Labute approximate surface area is 128 Å². The maximum Gasteiger partial charge on any atom is 0.170 e. The van der Waals surface area contributed by atoms with Crippen LogP contribution in [0.25, 0.3) is 11.0 Å². The zero-order valence-electron chi connectivity index (χ0n) is 11.1. The van der Waals surface area contributed by atoms with E-state index in [0.29, 0.717) is 23.0 Å². The number of aromatic nitrogens is 5. The number of nitrogen functional groups attached to an aromatic ring is 1. The standard InChI is InChI=1S/C12H12BrN7O/c1-20-12-9(5-16-20)11(19-14)17-10(18-12)6-21-8-2-7(13)3-15-4-8/h2-5H,6,14H2,1H3,(H,17,18,19). The number of nitrogens with zero attached hydrogens (tertiary/aromatic N) is 5. The molecule has 0 atom stereocenters. The van der Waals surface area contributed by atoms with Gasteiger partial charge in [-0.1, -0.05) is 0 Å². The van der Waals surface area contributed by atoms with Crippen molar-refractivity contribution in [3.63, 3.8) is 0 Å². The first-order chi connectivity index (χ1) is 10.2. The average molecular weight is 350 g/mol. The van der Waals surface area contributed by atoms with Crippen molar-refractivity contribution in [3.8, 4) is 5.75 Å². The van der Waals surface area contributed by atoms with Crippen molar-refractivity contribution in [1.82, 2.24) is 24.7 Å². The van der Waals surface area contributed by atoms with Crippen molar-refractivity contribution >= 4 is 32.8 Å². The molecule has 0 aliphatic rings. The van der Waals surface area contributed by atoms with Crippen LogP contribution in [0.3, 0.4) is 0 Å². The third-order valence-corrected chi connectivity index (χ3v) is 3.26. The smallest absolute Gasteiger partial charge is 0.170 e. The van der Waals surface area contributed by atoms with Crippen LogP contribution in [0.2, 0.25) is 0 Å². The van der Waals surface area contributed by atoms with Gasteiger partial charge in [0.25, 0.3) is 0 Å². The van der Waals surface area contributed by atoms with Crippen molar-refractivity contribution in [2.45, 2.75) is 6.61 Å². The van der Waals surface area contributed by atoms with E-state index in [0.717, 1.165) is 9.86 Å². The maximum atomic E-state index is 5.62. The highest BCUT2D eigenvalue weighted by Gasteiger charge is 2.11. The molecule has 108 valence electrons. The molecule has 0 radical (unpaired) electrons. The fourth-order valence-electron chi connectivity index (χ4n) is 1.86.